The van der Waals surface area contributed by atoms with Gasteiger partial charge in [-0.05, 0) is 39.7 Å². The first-order valence-electron chi connectivity index (χ1n) is 5.80. The zero-order valence-electron chi connectivity index (χ0n) is 11.2. The van der Waals surface area contributed by atoms with Gasteiger partial charge in [0, 0.05) is 6.54 Å². The topological polar surface area (TPSA) is 38.3 Å². The van der Waals surface area contributed by atoms with Crippen LogP contribution in [0.15, 0.2) is 36.5 Å². The van der Waals surface area contributed by atoms with Crippen LogP contribution in [0, 0.1) is 0 Å². The molecular weight excluding hydrogens is 214 g/mol. The quantitative estimate of drug-likeness (QED) is 0.742. The molecule has 0 fully saturated rings. The molecule has 3 heteroatoms. The Balaban J connectivity index is 3.98. The van der Waals surface area contributed by atoms with Crippen LogP contribution in [0.4, 0.5) is 4.79 Å². The summed E-state index contributed by atoms with van der Waals surface area (Å²) in [6.07, 6.45) is 8.02. The van der Waals surface area contributed by atoms with Gasteiger partial charge in [0.1, 0.15) is 5.60 Å². The molecule has 0 aromatic rings. The van der Waals surface area contributed by atoms with E-state index < -0.39 is 5.60 Å². The Morgan fingerprint density at radius 2 is 2.06 bits per heavy atom. The van der Waals surface area contributed by atoms with E-state index in [2.05, 4.69) is 11.9 Å². The molecule has 0 bridgehead atoms. The molecule has 0 heterocycles. The molecule has 0 rings (SSSR count). The summed E-state index contributed by atoms with van der Waals surface area (Å²) in [5, 5.41) is 2.71. The maximum atomic E-state index is 11.3. The number of carbonyl (C=O) groups excluding carboxylic acids is 1. The predicted octanol–water partition coefficient (Wildman–Crippen LogP) is 3.59. The van der Waals surface area contributed by atoms with Gasteiger partial charge in [-0.2, -0.15) is 0 Å². The van der Waals surface area contributed by atoms with Gasteiger partial charge in [0.05, 0.1) is 0 Å². The van der Waals surface area contributed by atoms with E-state index in [0.717, 1.165) is 12.0 Å². The highest BCUT2D eigenvalue weighted by Crippen LogP contribution is 2.07. The lowest BCUT2D eigenvalue weighted by molar-refractivity contribution is 0.0528. The van der Waals surface area contributed by atoms with Crippen LogP contribution >= 0.6 is 0 Å². The average Bonchev–Trinajstić information content (AvgIpc) is 2.20. The van der Waals surface area contributed by atoms with E-state index in [1.54, 1.807) is 6.08 Å². The molecule has 0 saturated carbocycles. The van der Waals surface area contributed by atoms with Crippen LogP contribution in [0.5, 0.6) is 0 Å². The van der Waals surface area contributed by atoms with Gasteiger partial charge in [0.2, 0.25) is 0 Å². The molecular formula is C14H23NO2. The summed E-state index contributed by atoms with van der Waals surface area (Å²) in [6, 6.07) is 0. The smallest absolute Gasteiger partial charge is 0.407 e. The lowest BCUT2D eigenvalue weighted by Gasteiger charge is -2.19. The molecule has 0 aliphatic carbocycles. The Labute approximate surface area is 104 Å². The molecule has 96 valence electrons. The van der Waals surface area contributed by atoms with E-state index in [0.29, 0.717) is 6.54 Å². The van der Waals surface area contributed by atoms with Gasteiger partial charge < -0.3 is 10.1 Å². The summed E-state index contributed by atoms with van der Waals surface area (Å²) < 4.78 is 5.12. The Morgan fingerprint density at radius 3 is 2.53 bits per heavy atom. The van der Waals surface area contributed by atoms with Crippen molar-refractivity contribution >= 4 is 6.09 Å². The highest BCUT2D eigenvalue weighted by molar-refractivity contribution is 5.67. The van der Waals surface area contributed by atoms with E-state index in [1.165, 1.54) is 0 Å². The maximum Gasteiger partial charge on any atom is 0.407 e. The third-order valence-electron chi connectivity index (χ3n) is 1.85. The van der Waals surface area contributed by atoms with Gasteiger partial charge in [-0.25, -0.2) is 4.79 Å². The van der Waals surface area contributed by atoms with Crippen molar-refractivity contribution < 1.29 is 9.53 Å². The molecule has 0 unspecified atom stereocenters. The number of hydrogen-bond donors (Lipinski definition) is 1. The highest BCUT2D eigenvalue weighted by atomic mass is 16.6. The van der Waals surface area contributed by atoms with Crippen molar-refractivity contribution in [3.05, 3.63) is 36.5 Å². The predicted molar refractivity (Wildman–Crippen MR) is 71.9 cm³/mol. The minimum Gasteiger partial charge on any atom is -0.444 e. The van der Waals surface area contributed by atoms with Crippen molar-refractivity contribution in [2.75, 3.05) is 6.54 Å². The lowest BCUT2D eigenvalue weighted by atomic mass is 10.1. The Morgan fingerprint density at radius 1 is 1.41 bits per heavy atom. The third-order valence-corrected chi connectivity index (χ3v) is 1.85. The van der Waals surface area contributed by atoms with Crippen LogP contribution in [0.25, 0.3) is 0 Å². The van der Waals surface area contributed by atoms with Gasteiger partial charge >= 0.3 is 6.09 Å². The zero-order chi connectivity index (χ0) is 13.3. The van der Waals surface area contributed by atoms with Crippen LogP contribution < -0.4 is 5.32 Å². The average molecular weight is 237 g/mol. The number of carbonyl (C=O) groups is 1. The first-order chi connectivity index (χ1) is 7.89. The van der Waals surface area contributed by atoms with Crippen molar-refractivity contribution in [2.24, 2.45) is 0 Å². The van der Waals surface area contributed by atoms with Crippen molar-refractivity contribution in [3.63, 3.8) is 0 Å². The van der Waals surface area contributed by atoms with Crippen molar-refractivity contribution in [1.82, 2.24) is 5.32 Å². The Hall–Kier alpha value is -1.51. The number of rotatable bonds is 5. The van der Waals surface area contributed by atoms with Crippen LogP contribution in [0.1, 0.15) is 34.1 Å². The van der Waals surface area contributed by atoms with Crippen molar-refractivity contribution in [1.29, 1.82) is 0 Å². The molecule has 1 N–H and O–H groups in total. The monoisotopic (exact) mass is 237 g/mol. The van der Waals surface area contributed by atoms with Crippen LogP contribution in [-0.2, 0) is 4.74 Å². The molecule has 0 atom stereocenters. The van der Waals surface area contributed by atoms with Crippen LogP contribution in [0.3, 0.4) is 0 Å². The fraction of sp³-hybridized carbons (Fsp3) is 0.500. The van der Waals surface area contributed by atoms with Gasteiger partial charge in [0.25, 0.3) is 0 Å². The molecule has 3 nitrogen and oxygen atoms in total. The second kappa shape index (κ2) is 7.71. The molecule has 0 aromatic heterocycles. The van der Waals surface area contributed by atoms with Gasteiger partial charge in [-0.1, -0.05) is 30.9 Å². The highest BCUT2D eigenvalue weighted by Gasteiger charge is 2.15. The minimum atomic E-state index is -0.452. The second-order valence-corrected chi connectivity index (χ2v) is 4.65. The fourth-order valence-electron chi connectivity index (χ4n) is 1.10. The molecule has 1 amide bonds. The number of allylic oxidation sites excluding steroid dienone is 4. The number of alkyl carbamates (subject to hydrolysis) is 1. The van der Waals surface area contributed by atoms with Gasteiger partial charge in [0.15, 0.2) is 0 Å². The number of ether oxygens (including phenoxy) is 1. The third kappa shape index (κ3) is 9.42. The largest absolute Gasteiger partial charge is 0.444 e. The summed E-state index contributed by atoms with van der Waals surface area (Å²) in [4.78, 5) is 11.3. The second-order valence-electron chi connectivity index (χ2n) is 4.65. The first-order valence-corrected chi connectivity index (χ1v) is 5.80. The molecule has 0 aliphatic heterocycles. The SMILES string of the molecule is C=C/C(=C\C=C/C)CCNC(=O)OC(C)(C)C. The molecule has 0 spiro atoms. The molecule has 0 aromatic carbocycles. The molecule has 0 aliphatic rings. The van der Waals surface area contributed by atoms with Crippen LogP contribution in [-0.4, -0.2) is 18.2 Å². The number of hydrogen-bond acceptors (Lipinski definition) is 2. The summed E-state index contributed by atoms with van der Waals surface area (Å²) in [5.74, 6) is 0. The van der Waals surface area contributed by atoms with E-state index in [1.807, 2.05) is 45.9 Å². The van der Waals surface area contributed by atoms with Crippen LogP contribution in [0.2, 0.25) is 0 Å². The van der Waals surface area contributed by atoms with Crippen molar-refractivity contribution in [2.45, 2.75) is 39.7 Å². The minimum absolute atomic E-state index is 0.382. The fourth-order valence-corrected chi connectivity index (χ4v) is 1.10. The Bertz CT molecular complexity index is 309. The van der Waals surface area contributed by atoms with E-state index in [9.17, 15) is 4.79 Å². The first kappa shape index (κ1) is 15.5. The van der Waals surface area contributed by atoms with Crippen molar-refractivity contribution in [3.8, 4) is 0 Å². The normalized spacial score (nSPS) is 12.6. The lowest BCUT2D eigenvalue weighted by Crippen LogP contribution is -2.33. The Kier molecular flexibility index (Phi) is 7.03. The maximum absolute atomic E-state index is 11.3. The summed E-state index contributed by atoms with van der Waals surface area (Å²) in [7, 11) is 0. The van der Waals surface area contributed by atoms with Gasteiger partial charge in [-0.15, -0.1) is 0 Å². The summed E-state index contributed by atoms with van der Waals surface area (Å²) in [6.45, 7) is 11.7. The summed E-state index contributed by atoms with van der Waals surface area (Å²) in [5.41, 5.74) is 0.630. The number of nitrogens with one attached hydrogen (secondary N) is 1. The van der Waals surface area contributed by atoms with E-state index in [-0.39, 0.29) is 6.09 Å². The zero-order valence-corrected chi connectivity index (χ0v) is 11.2. The number of amides is 1. The van der Waals surface area contributed by atoms with Gasteiger partial charge in [-0.3, -0.25) is 0 Å². The molecule has 0 saturated heterocycles. The molecule has 0 radical (unpaired) electrons. The molecule has 17 heavy (non-hydrogen) atoms. The standard InChI is InChI=1S/C14H23NO2/c1-6-8-9-12(7-2)10-11-15-13(16)17-14(3,4)5/h6-9H,2,10-11H2,1,3-5H3,(H,15,16)/b8-6-,12-9+. The van der Waals surface area contributed by atoms with E-state index in [4.69, 9.17) is 4.74 Å². The van der Waals surface area contributed by atoms with E-state index >= 15 is 0 Å². The summed E-state index contributed by atoms with van der Waals surface area (Å²) >= 11 is 0.